The average Bonchev–Trinajstić information content (AvgIpc) is 3.39. The molecule has 2 aromatic rings. The van der Waals surface area contributed by atoms with Gasteiger partial charge in [0.2, 0.25) is 0 Å². The zero-order valence-electron chi connectivity index (χ0n) is 14.1. The standard InChI is InChI=1S/C19H23N3O.HI/c1-14-7-11-17(12-8-14)23-18-6-4-3-5-15(18)13-21-19(20-2)22-16-9-10-16;/h3-8,11-12,16H,9-10,13H2,1-2H3,(H2,20,21,22);1H. The number of guanidine groups is 1. The largest absolute Gasteiger partial charge is 0.457 e. The second-order valence-electron chi connectivity index (χ2n) is 5.87. The minimum atomic E-state index is 0. The lowest BCUT2D eigenvalue weighted by Crippen LogP contribution is -2.38. The van der Waals surface area contributed by atoms with Crippen LogP contribution in [0.25, 0.3) is 0 Å². The van der Waals surface area contributed by atoms with Crippen LogP contribution in [0.5, 0.6) is 11.5 Å². The molecule has 0 aliphatic heterocycles. The van der Waals surface area contributed by atoms with Gasteiger partial charge in [0, 0.05) is 25.2 Å². The third kappa shape index (κ3) is 5.40. The summed E-state index contributed by atoms with van der Waals surface area (Å²) in [4.78, 5) is 4.26. The number of rotatable bonds is 5. The van der Waals surface area contributed by atoms with Crippen molar-refractivity contribution in [3.05, 3.63) is 59.7 Å². The fourth-order valence-corrected chi connectivity index (χ4v) is 2.28. The Labute approximate surface area is 160 Å². The van der Waals surface area contributed by atoms with Crippen molar-refractivity contribution < 1.29 is 4.74 Å². The molecule has 0 atom stereocenters. The van der Waals surface area contributed by atoms with Gasteiger partial charge >= 0.3 is 0 Å². The first-order valence-corrected chi connectivity index (χ1v) is 8.04. The summed E-state index contributed by atoms with van der Waals surface area (Å²) in [6, 6.07) is 16.8. The number of nitrogens with zero attached hydrogens (tertiary/aromatic N) is 1. The van der Waals surface area contributed by atoms with Gasteiger partial charge in [-0.3, -0.25) is 4.99 Å². The Bertz CT molecular complexity index is 681. The van der Waals surface area contributed by atoms with E-state index in [2.05, 4.69) is 40.7 Å². The minimum absolute atomic E-state index is 0. The van der Waals surface area contributed by atoms with E-state index in [0.717, 1.165) is 23.0 Å². The zero-order chi connectivity index (χ0) is 16.1. The Morgan fingerprint density at radius 2 is 1.83 bits per heavy atom. The Hall–Kier alpha value is -1.76. The highest BCUT2D eigenvalue weighted by Gasteiger charge is 2.22. The van der Waals surface area contributed by atoms with Gasteiger partial charge in [-0.25, -0.2) is 0 Å². The Morgan fingerprint density at radius 1 is 1.12 bits per heavy atom. The van der Waals surface area contributed by atoms with Gasteiger partial charge < -0.3 is 15.4 Å². The highest BCUT2D eigenvalue weighted by Crippen LogP contribution is 2.25. The molecular weight excluding hydrogens is 413 g/mol. The molecule has 0 saturated heterocycles. The zero-order valence-corrected chi connectivity index (χ0v) is 16.4. The molecule has 3 rings (SSSR count). The van der Waals surface area contributed by atoms with E-state index in [0.29, 0.717) is 12.6 Å². The highest BCUT2D eigenvalue weighted by molar-refractivity contribution is 14.0. The van der Waals surface area contributed by atoms with Crippen LogP contribution in [0.4, 0.5) is 0 Å². The van der Waals surface area contributed by atoms with Crippen molar-refractivity contribution in [2.24, 2.45) is 4.99 Å². The quantitative estimate of drug-likeness (QED) is 0.418. The first-order valence-electron chi connectivity index (χ1n) is 8.04. The van der Waals surface area contributed by atoms with Gasteiger partial charge in [-0.05, 0) is 38.0 Å². The number of halogens is 1. The molecule has 24 heavy (non-hydrogen) atoms. The maximum Gasteiger partial charge on any atom is 0.191 e. The second-order valence-corrected chi connectivity index (χ2v) is 5.87. The van der Waals surface area contributed by atoms with Crippen molar-refractivity contribution in [1.29, 1.82) is 0 Å². The van der Waals surface area contributed by atoms with Crippen molar-refractivity contribution >= 4 is 29.9 Å². The van der Waals surface area contributed by atoms with Crippen LogP contribution < -0.4 is 15.4 Å². The molecule has 0 bridgehead atoms. The van der Waals surface area contributed by atoms with Crippen molar-refractivity contribution in [3.8, 4) is 11.5 Å². The van der Waals surface area contributed by atoms with E-state index < -0.39 is 0 Å². The maximum absolute atomic E-state index is 6.02. The summed E-state index contributed by atoms with van der Waals surface area (Å²) >= 11 is 0. The molecular formula is C19H24IN3O. The van der Waals surface area contributed by atoms with E-state index in [9.17, 15) is 0 Å². The van der Waals surface area contributed by atoms with E-state index in [-0.39, 0.29) is 24.0 Å². The van der Waals surface area contributed by atoms with E-state index in [1.54, 1.807) is 7.05 Å². The molecule has 5 heteroatoms. The third-order valence-electron chi connectivity index (χ3n) is 3.81. The van der Waals surface area contributed by atoms with E-state index >= 15 is 0 Å². The van der Waals surface area contributed by atoms with Crippen LogP contribution in [0.3, 0.4) is 0 Å². The summed E-state index contributed by atoms with van der Waals surface area (Å²) in [5, 5.41) is 6.74. The molecule has 0 amide bonds. The summed E-state index contributed by atoms with van der Waals surface area (Å²) in [7, 11) is 1.80. The summed E-state index contributed by atoms with van der Waals surface area (Å²) in [5.74, 6) is 2.56. The van der Waals surface area contributed by atoms with Crippen molar-refractivity contribution in [2.75, 3.05) is 7.05 Å². The lowest BCUT2D eigenvalue weighted by atomic mass is 10.2. The number of aliphatic imine (C=N–C) groups is 1. The molecule has 0 heterocycles. The summed E-state index contributed by atoms with van der Waals surface area (Å²) in [5.41, 5.74) is 2.33. The van der Waals surface area contributed by atoms with Crippen molar-refractivity contribution in [3.63, 3.8) is 0 Å². The highest BCUT2D eigenvalue weighted by atomic mass is 127. The normalized spacial score (nSPS) is 13.8. The summed E-state index contributed by atoms with van der Waals surface area (Å²) in [6.45, 7) is 2.74. The SMILES string of the molecule is CN=C(NCc1ccccc1Oc1ccc(C)cc1)NC1CC1.I. The van der Waals surface area contributed by atoms with Gasteiger partial charge in [-0.2, -0.15) is 0 Å². The maximum atomic E-state index is 6.02. The fraction of sp³-hybridized carbons (Fsp3) is 0.316. The van der Waals surface area contributed by atoms with Crippen LogP contribution in [-0.2, 0) is 6.54 Å². The molecule has 4 nitrogen and oxygen atoms in total. The van der Waals surface area contributed by atoms with Gasteiger partial charge in [0.1, 0.15) is 11.5 Å². The Balaban J connectivity index is 0.00000208. The first-order chi connectivity index (χ1) is 11.2. The number of aryl methyl sites for hydroxylation is 1. The molecule has 1 saturated carbocycles. The summed E-state index contributed by atoms with van der Waals surface area (Å²) < 4.78 is 6.02. The number of hydrogen-bond acceptors (Lipinski definition) is 2. The van der Waals surface area contributed by atoms with Crippen LogP contribution in [0, 0.1) is 6.92 Å². The number of benzene rings is 2. The first kappa shape index (κ1) is 18.6. The number of nitrogens with one attached hydrogen (secondary N) is 2. The smallest absolute Gasteiger partial charge is 0.191 e. The van der Waals surface area contributed by atoms with Gasteiger partial charge in [0.25, 0.3) is 0 Å². The predicted molar refractivity (Wildman–Crippen MR) is 109 cm³/mol. The fourth-order valence-electron chi connectivity index (χ4n) is 2.28. The lowest BCUT2D eigenvalue weighted by molar-refractivity contribution is 0.475. The molecule has 0 spiro atoms. The monoisotopic (exact) mass is 437 g/mol. The Morgan fingerprint density at radius 3 is 2.50 bits per heavy atom. The van der Waals surface area contributed by atoms with Gasteiger partial charge in [0.15, 0.2) is 5.96 Å². The van der Waals surface area contributed by atoms with E-state index in [4.69, 9.17) is 4.74 Å². The molecule has 128 valence electrons. The Kier molecular flexibility index (Phi) is 6.90. The van der Waals surface area contributed by atoms with Crippen LogP contribution in [0.2, 0.25) is 0 Å². The van der Waals surface area contributed by atoms with Crippen molar-refractivity contribution in [2.45, 2.75) is 32.4 Å². The number of hydrogen-bond donors (Lipinski definition) is 2. The van der Waals surface area contributed by atoms with E-state index in [1.165, 1.54) is 18.4 Å². The number of ether oxygens (including phenoxy) is 1. The third-order valence-corrected chi connectivity index (χ3v) is 3.81. The number of para-hydroxylation sites is 1. The molecule has 0 unspecified atom stereocenters. The molecule has 2 N–H and O–H groups in total. The minimum Gasteiger partial charge on any atom is -0.457 e. The molecule has 0 aromatic heterocycles. The summed E-state index contributed by atoms with van der Waals surface area (Å²) in [6.07, 6.45) is 2.46. The average molecular weight is 437 g/mol. The van der Waals surface area contributed by atoms with Gasteiger partial charge in [-0.1, -0.05) is 35.9 Å². The topological polar surface area (TPSA) is 45.7 Å². The second kappa shape index (κ2) is 8.92. The van der Waals surface area contributed by atoms with E-state index in [1.807, 2.05) is 30.3 Å². The molecule has 1 aliphatic carbocycles. The van der Waals surface area contributed by atoms with Crippen LogP contribution in [0.15, 0.2) is 53.5 Å². The molecule has 1 fully saturated rings. The van der Waals surface area contributed by atoms with Crippen LogP contribution in [0.1, 0.15) is 24.0 Å². The molecule has 2 aromatic carbocycles. The predicted octanol–water partition coefficient (Wildman–Crippen LogP) is 4.23. The molecule has 1 aliphatic rings. The van der Waals surface area contributed by atoms with Gasteiger partial charge in [-0.15, -0.1) is 24.0 Å². The molecule has 0 radical (unpaired) electrons. The lowest BCUT2D eigenvalue weighted by Gasteiger charge is -2.14. The van der Waals surface area contributed by atoms with Crippen LogP contribution >= 0.6 is 24.0 Å². The van der Waals surface area contributed by atoms with Crippen molar-refractivity contribution in [1.82, 2.24) is 10.6 Å². The van der Waals surface area contributed by atoms with Gasteiger partial charge in [0.05, 0.1) is 0 Å². The van der Waals surface area contributed by atoms with Crippen LogP contribution in [-0.4, -0.2) is 19.0 Å².